The Hall–Kier alpha value is -2.83. The van der Waals surface area contributed by atoms with Crippen LogP contribution >= 0.6 is 23.4 Å². The Morgan fingerprint density at radius 2 is 2.17 bits per heavy atom. The molecule has 1 heterocycles. The first-order valence-corrected chi connectivity index (χ1v) is 11.3. The molecule has 13 heteroatoms. The molecule has 0 saturated carbocycles. The number of aliphatic imine (C=N–C) groups is 1. The molecule has 0 saturated heterocycles. The molecule has 0 aliphatic heterocycles. The highest BCUT2D eigenvalue weighted by atomic mass is 35.5. The molecule has 10 nitrogen and oxygen atoms in total. The normalized spacial score (nSPS) is 12.2. The Bertz CT molecular complexity index is 1110. The van der Waals surface area contributed by atoms with Crippen molar-refractivity contribution in [2.75, 3.05) is 12.8 Å². The van der Waals surface area contributed by atoms with E-state index in [1.54, 1.807) is 19.2 Å². The number of guanidine groups is 1. The summed E-state index contributed by atoms with van der Waals surface area (Å²) in [6.07, 6.45) is 4.34. The number of furan rings is 1. The van der Waals surface area contributed by atoms with Gasteiger partial charge < -0.3 is 4.42 Å². The number of hydrogen-bond donors (Lipinski definition) is 2. The highest BCUT2D eigenvalue weighted by molar-refractivity contribution is 7.99. The van der Waals surface area contributed by atoms with Crippen LogP contribution in [0.1, 0.15) is 11.3 Å². The summed E-state index contributed by atoms with van der Waals surface area (Å²) in [7, 11) is -4.02. The zero-order chi connectivity index (χ0) is 22.3. The first kappa shape index (κ1) is 23.4. The Kier molecular flexibility index (Phi) is 8.03. The van der Waals surface area contributed by atoms with Crippen molar-refractivity contribution in [1.82, 2.24) is 10.1 Å². The van der Waals surface area contributed by atoms with Gasteiger partial charge in [0.05, 0.1) is 18.8 Å². The maximum absolute atomic E-state index is 12.9. The average Bonchev–Trinajstić information content (AvgIpc) is 3.16. The van der Waals surface area contributed by atoms with Gasteiger partial charge in [-0.1, -0.05) is 17.7 Å². The minimum absolute atomic E-state index is 0.0376. The Balaban J connectivity index is 2.25. The summed E-state index contributed by atoms with van der Waals surface area (Å²) in [5.41, 5.74) is 3.05. The van der Waals surface area contributed by atoms with E-state index in [2.05, 4.69) is 26.8 Å². The highest BCUT2D eigenvalue weighted by Crippen LogP contribution is 2.30. The van der Waals surface area contributed by atoms with Crippen LogP contribution in [0.15, 0.2) is 61.2 Å². The third-order valence-corrected chi connectivity index (χ3v) is 6.19. The predicted octanol–water partition coefficient (Wildman–Crippen LogP) is 3.32. The minimum atomic E-state index is -4.02. The molecule has 2 aromatic rings. The van der Waals surface area contributed by atoms with Crippen molar-refractivity contribution in [2.24, 2.45) is 10.1 Å². The van der Waals surface area contributed by atoms with Crippen LogP contribution < -0.4 is 10.1 Å². The first-order chi connectivity index (χ1) is 14.2. The van der Waals surface area contributed by atoms with Crippen molar-refractivity contribution in [1.29, 1.82) is 0 Å². The number of benzene rings is 1. The number of rotatable bonds is 8. The summed E-state index contributed by atoms with van der Waals surface area (Å²) in [4.78, 5) is 14.5. The zero-order valence-corrected chi connectivity index (χ0v) is 18.3. The number of nitro groups is 1. The second kappa shape index (κ2) is 10.3. The smallest absolute Gasteiger partial charge is 0.400 e. The molecule has 160 valence electrons. The molecular formula is C17H18ClN5O5S2. The van der Waals surface area contributed by atoms with Gasteiger partial charge in [-0.3, -0.25) is 10.1 Å². The Labute approximate surface area is 182 Å². The molecule has 2 N–H and O–H groups in total. The molecule has 0 spiro atoms. The molecular weight excluding hydrogens is 454 g/mol. The van der Waals surface area contributed by atoms with Crippen LogP contribution in [-0.2, 0) is 10.0 Å². The molecule has 2 rings (SSSR count). The van der Waals surface area contributed by atoms with Crippen molar-refractivity contribution < 1.29 is 17.8 Å². The molecule has 0 aliphatic carbocycles. The Morgan fingerprint density at radius 1 is 1.43 bits per heavy atom. The van der Waals surface area contributed by atoms with Gasteiger partial charge in [0.1, 0.15) is 9.82 Å². The molecule has 0 atom stereocenters. The molecule has 0 amide bonds. The quantitative estimate of drug-likeness (QED) is 0.150. The molecule has 30 heavy (non-hydrogen) atoms. The summed E-state index contributed by atoms with van der Waals surface area (Å²) in [6, 6.07) is 5.55. The molecule has 0 aliphatic rings. The number of thioether (sulfide) groups is 1. The fourth-order valence-corrected chi connectivity index (χ4v) is 4.54. The third-order valence-electron chi connectivity index (χ3n) is 3.50. The van der Waals surface area contributed by atoms with Crippen molar-refractivity contribution in [2.45, 2.75) is 16.7 Å². The average molecular weight is 472 g/mol. The molecule has 1 aromatic heterocycles. The second-order valence-corrected chi connectivity index (χ2v) is 8.54. The van der Waals surface area contributed by atoms with Gasteiger partial charge in [0.25, 0.3) is 10.0 Å². The van der Waals surface area contributed by atoms with Gasteiger partial charge in [0.2, 0.25) is 5.96 Å². The van der Waals surface area contributed by atoms with Gasteiger partial charge >= 0.3 is 5.88 Å². The molecule has 0 bridgehead atoms. The summed E-state index contributed by atoms with van der Waals surface area (Å²) >= 11 is 7.32. The van der Waals surface area contributed by atoms with E-state index in [1.165, 1.54) is 36.0 Å². The number of halogens is 1. The Morgan fingerprint density at radius 3 is 2.77 bits per heavy atom. The van der Waals surface area contributed by atoms with Crippen LogP contribution in [0, 0.1) is 17.0 Å². The van der Waals surface area contributed by atoms with Gasteiger partial charge in [-0.25, -0.2) is 23.6 Å². The molecule has 0 unspecified atom stereocenters. The lowest BCUT2D eigenvalue weighted by atomic mass is 10.2. The monoisotopic (exact) mass is 471 g/mol. The first-order valence-electron chi connectivity index (χ1n) is 8.23. The summed E-state index contributed by atoms with van der Waals surface area (Å²) in [6.45, 7) is 5.35. The van der Waals surface area contributed by atoms with E-state index < -0.39 is 20.8 Å². The third kappa shape index (κ3) is 6.08. The fraction of sp³-hybridized carbons (Fsp3) is 0.176. The van der Waals surface area contributed by atoms with Crippen LogP contribution in [0.25, 0.3) is 0 Å². The van der Waals surface area contributed by atoms with Crippen molar-refractivity contribution >= 4 is 51.4 Å². The summed E-state index contributed by atoms with van der Waals surface area (Å²) in [5, 5.41) is 14.9. The number of sulfonamides is 1. The van der Waals surface area contributed by atoms with Crippen LogP contribution in [0.2, 0.25) is 5.02 Å². The summed E-state index contributed by atoms with van der Waals surface area (Å²) < 4.78 is 33.1. The van der Waals surface area contributed by atoms with E-state index in [0.717, 1.165) is 6.21 Å². The number of nitrogens with one attached hydrogen (secondary N) is 2. The molecule has 0 radical (unpaired) electrons. The van der Waals surface area contributed by atoms with E-state index in [4.69, 9.17) is 16.0 Å². The lowest BCUT2D eigenvalue weighted by Gasteiger charge is -2.14. The maximum Gasteiger partial charge on any atom is 0.433 e. The van der Waals surface area contributed by atoms with Crippen LogP contribution in [-0.4, -0.2) is 38.3 Å². The van der Waals surface area contributed by atoms with E-state index >= 15 is 0 Å². The van der Waals surface area contributed by atoms with Gasteiger partial charge in [0.15, 0.2) is 5.76 Å². The topological polar surface area (TPSA) is 139 Å². The SMILES string of the molecule is C=CCN=C(N/N=C/c1ccc([N+](=O)[O-])o1)NS(=O)(=O)c1cc(C)c(Cl)cc1SC. The lowest BCUT2D eigenvalue weighted by Crippen LogP contribution is -2.39. The van der Waals surface area contributed by atoms with Gasteiger partial charge in [-0.05, 0) is 36.9 Å². The fourth-order valence-electron chi connectivity index (χ4n) is 2.10. The van der Waals surface area contributed by atoms with E-state index in [9.17, 15) is 18.5 Å². The van der Waals surface area contributed by atoms with Gasteiger partial charge in [-0.2, -0.15) is 5.10 Å². The van der Waals surface area contributed by atoms with Crippen LogP contribution in [0.4, 0.5) is 5.88 Å². The largest absolute Gasteiger partial charge is 0.433 e. The number of nitrogens with zero attached hydrogens (tertiary/aromatic N) is 3. The minimum Gasteiger partial charge on any atom is -0.400 e. The zero-order valence-electron chi connectivity index (χ0n) is 16.0. The van der Waals surface area contributed by atoms with E-state index in [-0.39, 0.29) is 23.2 Å². The lowest BCUT2D eigenvalue weighted by molar-refractivity contribution is -0.402. The number of hydrazone groups is 1. The van der Waals surface area contributed by atoms with Crippen molar-refractivity contribution in [3.8, 4) is 0 Å². The summed E-state index contributed by atoms with van der Waals surface area (Å²) in [5.74, 6) is -0.523. The highest BCUT2D eigenvalue weighted by Gasteiger charge is 2.21. The predicted molar refractivity (Wildman–Crippen MR) is 117 cm³/mol. The number of aryl methyl sites for hydroxylation is 1. The van der Waals surface area contributed by atoms with Crippen molar-refractivity contribution in [3.63, 3.8) is 0 Å². The van der Waals surface area contributed by atoms with E-state index in [1.807, 2.05) is 0 Å². The second-order valence-electron chi connectivity index (χ2n) is 5.64. The number of hydrogen-bond acceptors (Lipinski definition) is 8. The van der Waals surface area contributed by atoms with Crippen molar-refractivity contribution in [3.05, 3.63) is 63.4 Å². The van der Waals surface area contributed by atoms with Gasteiger partial charge in [0, 0.05) is 9.92 Å². The van der Waals surface area contributed by atoms with Gasteiger partial charge in [-0.15, -0.1) is 18.3 Å². The maximum atomic E-state index is 12.9. The van der Waals surface area contributed by atoms with E-state index in [0.29, 0.717) is 15.5 Å². The standard InChI is InChI=1S/C17H18ClN5O5S2/c1-4-7-19-17(21-20-10-12-5-6-16(28-12)23(24)25)22-30(26,27)15-8-11(2)13(18)9-14(15)29-3/h4-6,8-10H,1,7H2,2-3H3,(H2,19,21,22)/b20-10+. The van der Waals surface area contributed by atoms with Crippen LogP contribution in [0.5, 0.6) is 0 Å². The molecule has 1 aromatic carbocycles. The molecule has 0 fully saturated rings. The van der Waals surface area contributed by atoms with Crippen LogP contribution in [0.3, 0.4) is 0 Å².